The molecule has 0 bridgehead atoms. The fourth-order valence-corrected chi connectivity index (χ4v) is 1.08. The fraction of sp³-hybridized carbons (Fsp3) is 0.333. The lowest BCUT2D eigenvalue weighted by atomic mass is 10.1. The minimum Gasteiger partial charge on any atom is -0.409 e. The van der Waals surface area contributed by atoms with Crippen LogP contribution in [0.4, 0.5) is 4.79 Å². The Labute approximate surface area is 94.8 Å². The SMILES string of the molecule is CC(C)(C)NC(=O)Oc1ccccc1C#N. The minimum atomic E-state index is -0.560. The summed E-state index contributed by atoms with van der Waals surface area (Å²) in [6, 6.07) is 8.56. The van der Waals surface area contributed by atoms with Crippen LogP contribution in [0.1, 0.15) is 26.3 Å². The number of rotatable bonds is 1. The first-order chi connectivity index (χ1) is 7.42. The Hall–Kier alpha value is -2.02. The van der Waals surface area contributed by atoms with E-state index in [4.69, 9.17) is 10.00 Å². The molecule has 0 saturated carbocycles. The molecule has 0 aliphatic heterocycles. The molecule has 1 rings (SSSR count). The molecule has 1 aromatic carbocycles. The smallest absolute Gasteiger partial charge is 0.409 e. The van der Waals surface area contributed by atoms with Crippen LogP contribution in [0.2, 0.25) is 0 Å². The summed E-state index contributed by atoms with van der Waals surface area (Å²) < 4.78 is 5.04. The van der Waals surface area contributed by atoms with Crippen LogP contribution in [-0.4, -0.2) is 11.6 Å². The van der Waals surface area contributed by atoms with Gasteiger partial charge in [0.1, 0.15) is 6.07 Å². The van der Waals surface area contributed by atoms with Crippen LogP contribution in [0, 0.1) is 11.3 Å². The molecule has 0 spiro atoms. The quantitative estimate of drug-likeness (QED) is 0.787. The molecule has 0 unspecified atom stereocenters. The Kier molecular flexibility index (Phi) is 3.51. The first-order valence-corrected chi connectivity index (χ1v) is 4.91. The van der Waals surface area contributed by atoms with Crippen LogP contribution in [0.3, 0.4) is 0 Å². The molecule has 0 radical (unpaired) electrons. The highest BCUT2D eigenvalue weighted by atomic mass is 16.6. The topological polar surface area (TPSA) is 62.1 Å². The lowest BCUT2D eigenvalue weighted by Gasteiger charge is -2.19. The first-order valence-electron chi connectivity index (χ1n) is 4.91. The maximum atomic E-state index is 11.5. The van der Waals surface area contributed by atoms with Gasteiger partial charge in [0, 0.05) is 5.54 Å². The van der Waals surface area contributed by atoms with Crippen molar-refractivity contribution in [3.05, 3.63) is 29.8 Å². The molecular weight excluding hydrogens is 204 g/mol. The number of nitrogens with one attached hydrogen (secondary N) is 1. The largest absolute Gasteiger partial charge is 0.413 e. The monoisotopic (exact) mass is 218 g/mol. The first kappa shape index (κ1) is 12.1. The van der Waals surface area contributed by atoms with Crippen molar-refractivity contribution in [2.75, 3.05) is 0 Å². The van der Waals surface area contributed by atoms with Gasteiger partial charge in [0.15, 0.2) is 5.75 Å². The Bertz CT molecular complexity index is 427. The maximum absolute atomic E-state index is 11.5. The zero-order valence-corrected chi connectivity index (χ0v) is 9.57. The van der Waals surface area contributed by atoms with Crippen LogP contribution >= 0.6 is 0 Å². The number of hydrogen-bond acceptors (Lipinski definition) is 3. The summed E-state index contributed by atoms with van der Waals surface area (Å²) in [6.45, 7) is 5.55. The molecule has 0 aliphatic rings. The van der Waals surface area contributed by atoms with E-state index in [0.717, 1.165) is 0 Å². The number of carbonyl (C=O) groups is 1. The molecular formula is C12H14N2O2. The van der Waals surface area contributed by atoms with E-state index in [-0.39, 0.29) is 11.3 Å². The van der Waals surface area contributed by atoms with Gasteiger partial charge in [-0.1, -0.05) is 12.1 Å². The lowest BCUT2D eigenvalue weighted by Crippen LogP contribution is -2.42. The summed E-state index contributed by atoms with van der Waals surface area (Å²) in [5.74, 6) is 0.270. The summed E-state index contributed by atoms with van der Waals surface area (Å²) in [5.41, 5.74) is -0.0230. The van der Waals surface area contributed by atoms with Gasteiger partial charge in [-0.15, -0.1) is 0 Å². The van der Waals surface area contributed by atoms with Crippen LogP contribution in [-0.2, 0) is 0 Å². The van der Waals surface area contributed by atoms with Crippen LogP contribution in [0.25, 0.3) is 0 Å². The molecule has 1 amide bonds. The highest BCUT2D eigenvalue weighted by Crippen LogP contribution is 2.16. The summed E-state index contributed by atoms with van der Waals surface area (Å²) in [4.78, 5) is 11.5. The summed E-state index contributed by atoms with van der Waals surface area (Å²) >= 11 is 0. The van der Waals surface area contributed by atoms with Gasteiger partial charge >= 0.3 is 6.09 Å². The molecule has 4 nitrogen and oxygen atoms in total. The molecule has 84 valence electrons. The maximum Gasteiger partial charge on any atom is 0.413 e. The summed E-state index contributed by atoms with van der Waals surface area (Å²) in [7, 11) is 0. The minimum absolute atomic E-state index is 0.270. The number of hydrogen-bond donors (Lipinski definition) is 1. The van der Waals surface area contributed by atoms with Gasteiger partial charge in [-0.05, 0) is 32.9 Å². The molecule has 0 aromatic heterocycles. The molecule has 0 heterocycles. The molecule has 0 fully saturated rings. The second kappa shape index (κ2) is 4.67. The summed E-state index contributed by atoms with van der Waals surface area (Å²) in [5, 5.41) is 11.5. The molecule has 16 heavy (non-hydrogen) atoms. The van der Waals surface area contributed by atoms with Crippen LogP contribution in [0.5, 0.6) is 5.75 Å². The number of benzene rings is 1. The normalized spacial score (nSPS) is 10.4. The van der Waals surface area contributed by atoms with Gasteiger partial charge in [0.2, 0.25) is 0 Å². The average molecular weight is 218 g/mol. The van der Waals surface area contributed by atoms with Crippen molar-refractivity contribution in [3.8, 4) is 11.8 Å². The molecule has 1 N–H and O–H groups in total. The number of nitrogens with zero attached hydrogens (tertiary/aromatic N) is 1. The highest BCUT2D eigenvalue weighted by Gasteiger charge is 2.16. The van der Waals surface area contributed by atoms with Crippen molar-refractivity contribution < 1.29 is 9.53 Å². The van der Waals surface area contributed by atoms with Crippen molar-refractivity contribution in [1.82, 2.24) is 5.32 Å². The van der Waals surface area contributed by atoms with Gasteiger partial charge < -0.3 is 10.1 Å². The highest BCUT2D eigenvalue weighted by molar-refractivity contribution is 5.72. The van der Waals surface area contributed by atoms with Crippen molar-refractivity contribution in [2.24, 2.45) is 0 Å². The van der Waals surface area contributed by atoms with Crippen molar-refractivity contribution in [3.63, 3.8) is 0 Å². The van der Waals surface area contributed by atoms with Crippen LogP contribution < -0.4 is 10.1 Å². The third-order valence-electron chi connectivity index (χ3n) is 1.69. The van der Waals surface area contributed by atoms with E-state index in [2.05, 4.69) is 5.32 Å². The zero-order valence-electron chi connectivity index (χ0n) is 9.57. The van der Waals surface area contributed by atoms with Gasteiger partial charge in [0.05, 0.1) is 5.56 Å². The molecule has 4 heteroatoms. The van der Waals surface area contributed by atoms with Crippen molar-refractivity contribution in [2.45, 2.75) is 26.3 Å². The van der Waals surface area contributed by atoms with Gasteiger partial charge in [0.25, 0.3) is 0 Å². The predicted molar refractivity (Wildman–Crippen MR) is 60.1 cm³/mol. The third kappa shape index (κ3) is 3.62. The number of nitriles is 1. The van der Waals surface area contributed by atoms with E-state index in [1.165, 1.54) is 0 Å². The second-order valence-corrected chi connectivity index (χ2v) is 4.37. The average Bonchev–Trinajstić information content (AvgIpc) is 2.15. The number of amides is 1. The lowest BCUT2D eigenvalue weighted by molar-refractivity contribution is 0.190. The number of carbonyl (C=O) groups excluding carboxylic acids is 1. The molecule has 0 aliphatic carbocycles. The molecule has 0 saturated heterocycles. The third-order valence-corrected chi connectivity index (χ3v) is 1.69. The zero-order chi connectivity index (χ0) is 12.2. The fourth-order valence-electron chi connectivity index (χ4n) is 1.08. The van der Waals surface area contributed by atoms with E-state index < -0.39 is 6.09 Å². The van der Waals surface area contributed by atoms with E-state index in [0.29, 0.717) is 5.56 Å². The van der Waals surface area contributed by atoms with Gasteiger partial charge in [-0.2, -0.15) is 5.26 Å². The van der Waals surface area contributed by atoms with E-state index in [1.54, 1.807) is 24.3 Å². The Morgan fingerprint density at radius 1 is 1.38 bits per heavy atom. The van der Waals surface area contributed by atoms with Gasteiger partial charge in [-0.25, -0.2) is 4.79 Å². The molecule has 1 aromatic rings. The Morgan fingerprint density at radius 2 is 2.00 bits per heavy atom. The Morgan fingerprint density at radius 3 is 2.56 bits per heavy atom. The number of para-hydroxylation sites is 1. The predicted octanol–water partition coefficient (Wildman–Crippen LogP) is 2.45. The van der Waals surface area contributed by atoms with Gasteiger partial charge in [-0.3, -0.25) is 0 Å². The second-order valence-electron chi connectivity index (χ2n) is 4.37. The standard InChI is InChI=1S/C12H14N2O2/c1-12(2,3)14-11(15)16-10-7-5-4-6-9(10)8-13/h4-7H,1-3H3,(H,14,15). The van der Waals surface area contributed by atoms with Crippen molar-refractivity contribution >= 4 is 6.09 Å². The Balaban J connectivity index is 2.75. The summed E-state index contributed by atoms with van der Waals surface area (Å²) in [6.07, 6.45) is -0.560. The van der Waals surface area contributed by atoms with E-state index in [1.807, 2.05) is 26.8 Å². The van der Waals surface area contributed by atoms with Crippen molar-refractivity contribution in [1.29, 1.82) is 5.26 Å². The van der Waals surface area contributed by atoms with E-state index >= 15 is 0 Å². The van der Waals surface area contributed by atoms with Crippen LogP contribution in [0.15, 0.2) is 24.3 Å². The number of ether oxygens (including phenoxy) is 1. The molecule has 0 atom stereocenters. The van der Waals surface area contributed by atoms with E-state index in [9.17, 15) is 4.79 Å².